The zero-order chi connectivity index (χ0) is 24.5. The van der Waals surface area contributed by atoms with E-state index in [0.29, 0.717) is 11.9 Å². The highest BCUT2D eigenvalue weighted by Crippen LogP contribution is 2.51. The van der Waals surface area contributed by atoms with Crippen molar-refractivity contribution in [1.82, 2.24) is 9.55 Å². The topological polar surface area (TPSA) is 71.5 Å². The number of nitrogens with zero attached hydrogens (tertiary/aromatic N) is 4. The highest BCUT2D eigenvalue weighted by molar-refractivity contribution is 6.30. The van der Waals surface area contributed by atoms with Crippen LogP contribution < -0.4 is 16.0 Å². The van der Waals surface area contributed by atoms with Gasteiger partial charge in [0.25, 0.3) is 0 Å². The summed E-state index contributed by atoms with van der Waals surface area (Å²) < 4.78 is 2.13. The molecular formula is C28H29ClN6. The van der Waals surface area contributed by atoms with Crippen molar-refractivity contribution in [3.8, 4) is 0 Å². The molecule has 0 saturated heterocycles. The summed E-state index contributed by atoms with van der Waals surface area (Å²) in [5.74, 6) is 1.08. The Balaban J connectivity index is 1.56. The number of nitrogens with two attached hydrogens (primary N) is 1. The molecule has 6 nitrogen and oxygen atoms in total. The Morgan fingerprint density at radius 1 is 1.03 bits per heavy atom. The number of imidazole rings is 1. The molecule has 0 fully saturated rings. The molecule has 3 aromatic carbocycles. The second kappa shape index (κ2) is 7.49. The summed E-state index contributed by atoms with van der Waals surface area (Å²) in [7, 11) is 2.18. The van der Waals surface area contributed by atoms with E-state index >= 15 is 0 Å². The number of para-hydroxylation sites is 2. The number of hydrogen-bond donors (Lipinski definition) is 2. The predicted molar refractivity (Wildman–Crippen MR) is 145 cm³/mol. The Morgan fingerprint density at radius 3 is 2.54 bits per heavy atom. The summed E-state index contributed by atoms with van der Waals surface area (Å²) in [6, 6.07) is 23.1. The molecule has 0 aliphatic carbocycles. The fourth-order valence-corrected chi connectivity index (χ4v) is 6.00. The molecule has 35 heavy (non-hydrogen) atoms. The second-order valence-electron chi connectivity index (χ2n) is 10.5. The number of nitrogens with one attached hydrogen (secondary N) is 1. The summed E-state index contributed by atoms with van der Waals surface area (Å²) in [6.45, 7) is 6.95. The van der Waals surface area contributed by atoms with Crippen LogP contribution in [0.15, 0.2) is 71.7 Å². The zero-order valence-corrected chi connectivity index (χ0v) is 21.1. The highest BCUT2D eigenvalue weighted by Gasteiger charge is 2.44. The molecule has 2 aliphatic rings. The summed E-state index contributed by atoms with van der Waals surface area (Å²) in [5, 5.41) is 3.88. The molecule has 0 saturated carbocycles. The molecule has 0 bridgehead atoms. The normalized spacial score (nSPS) is 22.8. The van der Waals surface area contributed by atoms with Gasteiger partial charge in [-0.05, 0) is 73.4 Å². The van der Waals surface area contributed by atoms with Gasteiger partial charge in [-0.2, -0.15) is 0 Å². The predicted octanol–water partition coefficient (Wildman–Crippen LogP) is 5.90. The van der Waals surface area contributed by atoms with Crippen LogP contribution >= 0.6 is 11.6 Å². The monoisotopic (exact) mass is 484 g/mol. The van der Waals surface area contributed by atoms with E-state index in [4.69, 9.17) is 27.3 Å². The average molecular weight is 485 g/mol. The first kappa shape index (κ1) is 22.0. The van der Waals surface area contributed by atoms with Gasteiger partial charge < -0.3 is 10.6 Å². The van der Waals surface area contributed by atoms with E-state index in [-0.39, 0.29) is 17.1 Å². The first-order chi connectivity index (χ1) is 16.7. The molecule has 0 amide bonds. The van der Waals surface area contributed by atoms with Crippen LogP contribution in [0, 0.1) is 0 Å². The van der Waals surface area contributed by atoms with Crippen LogP contribution in [0.1, 0.15) is 50.0 Å². The van der Waals surface area contributed by atoms with Crippen LogP contribution in [0.3, 0.4) is 0 Å². The Labute approximate surface area is 210 Å². The van der Waals surface area contributed by atoms with E-state index in [1.807, 2.05) is 30.3 Å². The van der Waals surface area contributed by atoms with Gasteiger partial charge in [0.05, 0.1) is 11.0 Å². The molecule has 2 aliphatic heterocycles. The van der Waals surface area contributed by atoms with Gasteiger partial charge in [-0.25, -0.2) is 9.98 Å². The lowest BCUT2D eigenvalue weighted by molar-refractivity contribution is 0.335. The van der Waals surface area contributed by atoms with Crippen molar-refractivity contribution in [2.45, 2.75) is 44.3 Å². The first-order valence-electron chi connectivity index (χ1n) is 11.9. The van der Waals surface area contributed by atoms with Crippen molar-refractivity contribution in [2.24, 2.45) is 10.7 Å². The Morgan fingerprint density at radius 2 is 1.77 bits per heavy atom. The maximum atomic E-state index is 6.25. The number of aromatic nitrogens is 2. The summed E-state index contributed by atoms with van der Waals surface area (Å²) >= 11 is 6.25. The molecule has 4 aromatic rings. The SMILES string of the molecule is CN1c2ccc(C3N=C(N)Nc4nc5ccccc5n43)cc2C(C)(c2ccc(Cl)cc2)CC1(C)C. The Kier molecular flexibility index (Phi) is 4.71. The number of hydrogen-bond acceptors (Lipinski definition) is 5. The highest BCUT2D eigenvalue weighted by atomic mass is 35.5. The molecule has 2 atom stereocenters. The fourth-order valence-electron chi connectivity index (χ4n) is 5.87. The lowest BCUT2D eigenvalue weighted by atomic mass is 9.65. The summed E-state index contributed by atoms with van der Waals surface area (Å²) in [4.78, 5) is 12.0. The largest absolute Gasteiger partial charge is 0.370 e. The van der Waals surface area contributed by atoms with Crippen molar-refractivity contribution < 1.29 is 0 Å². The van der Waals surface area contributed by atoms with Gasteiger partial charge in [0.1, 0.15) is 0 Å². The van der Waals surface area contributed by atoms with Gasteiger partial charge in [0.2, 0.25) is 5.95 Å². The van der Waals surface area contributed by atoms with Gasteiger partial charge in [-0.3, -0.25) is 9.88 Å². The van der Waals surface area contributed by atoms with E-state index in [0.717, 1.165) is 28.0 Å². The molecule has 3 N–H and O–H groups in total. The van der Waals surface area contributed by atoms with Crippen molar-refractivity contribution in [1.29, 1.82) is 0 Å². The molecular weight excluding hydrogens is 456 g/mol. The standard InChI is InChI=1S/C28H29ClN6/c1-27(2)16-28(3,18-10-12-19(29)13-11-18)20-15-17(9-14-22(20)34(27)4)24-32-25(30)33-26-31-21-7-5-6-8-23(21)35(24)26/h5-15,24H,16H2,1-4H3,(H3,30,31,32,33). The number of anilines is 2. The molecule has 6 rings (SSSR count). The van der Waals surface area contributed by atoms with Gasteiger partial charge in [-0.1, -0.05) is 48.9 Å². The molecule has 0 spiro atoms. The van der Waals surface area contributed by atoms with E-state index in [2.05, 4.69) is 79.0 Å². The van der Waals surface area contributed by atoms with Gasteiger partial charge in [-0.15, -0.1) is 0 Å². The number of rotatable bonds is 2. The zero-order valence-electron chi connectivity index (χ0n) is 20.4. The maximum Gasteiger partial charge on any atom is 0.212 e. The van der Waals surface area contributed by atoms with Gasteiger partial charge >= 0.3 is 0 Å². The van der Waals surface area contributed by atoms with E-state index in [9.17, 15) is 0 Å². The third kappa shape index (κ3) is 3.31. The Bertz CT molecular complexity index is 1490. The summed E-state index contributed by atoms with van der Waals surface area (Å²) in [6.07, 6.45) is 0.657. The first-order valence-corrected chi connectivity index (χ1v) is 12.3. The number of benzene rings is 3. The quantitative estimate of drug-likeness (QED) is 0.371. The van der Waals surface area contributed by atoms with Crippen LogP contribution in [0.4, 0.5) is 11.6 Å². The smallest absolute Gasteiger partial charge is 0.212 e. The molecule has 2 unspecified atom stereocenters. The van der Waals surface area contributed by atoms with Gasteiger partial charge in [0.15, 0.2) is 12.1 Å². The van der Waals surface area contributed by atoms with Crippen LogP contribution in [0.2, 0.25) is 5.02 Å². The minimum Gasteiger partial charge on any atom is -0.370 e. The maximum absolute atomic E-state index is 6.25. The lowest BCUT2D eigenvalue weighted by Crippen LogP contribution is -2.51. The molecule has 1 aromatic heterocycles. The Hall–Kier alpha value is -3.51. The number of halogens is 1. The number of guanidine groups is 1. The second-order valence-corrected chi connectivity index (χ2v) is 10.9. The van der Waals surface area contributed by atoms with Gasteiger partial charge in [0, 0.05) is 28.7 Å². The minimum absolute atomic E-state index is 0.0199. The van der Waals surface area contributed by atoms with Crippen LogP contribution in [-0.4, -0.2) is 28.1 Å². The summed E-state index contributed by atoms with van der Waals surface area (Å²) in [5.41, 5.74) is 12.8. The minimum atomic E-state index is -0.307. The fraction of sp³-hybridized carbons (Fsp3) is 0.286. The third-order valence-electron chi connectivity index (χ3n) is 7.79. The average Bonchev–Trinajstić information content (AvgIpc) is 3.20. The van der Waals surface area contributed by atoms with Crippen LogP contribution in [0.5, 0.6) is 0 Å². The van der Waals surface area contributed by atoms with Crippen LogP contribution in [-0.2, 0) is 5.41 Å². The molecule has 178 valence electrons. The third-order valence-corrected chi connectivity index (χ3v) is 8.04. The lowest BCUT2D eigenvalue weighted by Gasteiger charge is -2.51. The van der Waals surface area contributed by atoms with Crippen molar-refractivity contribution in [3.05, 3.63) is 88.4 Å². The molecule has 7 heteroatoms. The van der Waals surface area contributed by atoms with Crippen molar-refractivity contribution in [2.75, 3.05) is 17.3 Å². The van der Waals surface area contributed by atoms with E-state index < -0.39 is 0 Å². The van der Waals surface area contributed by atoms with Crippen molar-refractivity contribution in [3.63, 3.8) is 0 Å². The van der Waals surface area contributed by atoms with E-state index in [1.165, 1.54) is 16.8 Å². The molecule has 0 radical (unpaired) electrons. The number of fused-ring (bicyclic) bond motifs is 4. The van der Waals surface area contributed by atoms with Crippen molar-refractivity contribution >= 4 is 40.2 Å². The molecule has 3 heterocycles. The van der Waals surface area contributed by atoms with E-state index in [1.54, 1.807) is 0 Å². The number of aliphatic imine (C=N–C) groups is 1. The van der Waals surface area contributed by atoms with Crippen LogP contribution in [0.25, 0.3) is 11.0 Å².